The number of carbonyl (C=O) groups excluding carboxylic acids is 2. The number of aryl methyl sites for hydroxylation is 1. The van der Waals surface area contributed by atoms with Gasteiger partial charge in [0.05, 0.1) is 25.3 Å². The van der Waals surface area contributed by atoms with Crippen molar-refractivity contribution in [2.24, 2.45) is 24.8 Å². The number of fused-ring (bicyclic) bond motifs is 3. The van der Waals surface area contributed by atoms with Crippen LogP contribution in [0.4, 0.5) is 10.1 Å². The number of ketones is 1. The summed E-state index contributed by atoms with van der Waals surface area (Å²) in [6, 6.07) is 17.9. The van der Waals surface area contributed by atoms with E-state index in [-0.39, 0.29) is 23.2 Å². The van der Waals surface area contributed by atoms with Crippen LogP contribution in [0.1, 0.15) is 45.1 Å². The molecule has 2 aliphatic rings. The van der Waals surface area contributed by atoms with Gasteiger partial charge in [-0.25, -0.2) is 9.37 Å². The number of carbonyl (C=O) groups is 2. The Labute approximate surface area is 229 Å². The van der Waals surface area contributed by atoms with E-state index in [0.29, 0.717) is 23.1 Å². The van der Waals surface area contributed by atoms with Crippen LogP contribution in [0.25, 0.3) is 28.2 Å². The fourth-order valence-corrected chi connectivity index (χ4v) is 6.25. The summed E-state index contributed by atoms with van der Waals surface area (Å²) in [5.41, 5.74) is 4.74. The van der Waals surface area contributed by atoms with Crippen molar-refractivity contribution >= 4 is 34.5 Å². The van der Waals surface area contributed by atoms with Crippen LogP contribution in [0.3, 0.4) is 0 Å². The highest BCUT2D eigenvalue weighted by molar-refractivity contribution is 5.96. The van der Waals surface area contributed by atoms with Crippen LogP contribution in [0.2, 0.25) is 0 Å². The monoisotopic (exact) mass is 522 g/mol. The second kappa shape index (κ2) is 10.3. The molecule has 2 aliphatic carbocycles. The lowest BCUT2D eigenvalue weighted by Crippen LogP contribution is -2.38. The predicted molar refractivity (Wildman–Crippen MR) is 152 cm³/mol. The first-order chi connectivity index (χ1) is 19.3. The van der Waals surface area contributed by atoms with Gasteiger partial charge in [-0.15, -0.1) is 0 Å². The van der Waals surface area contributed by atoms with Crippen molar-refractivity contribution in [1.29, 1.82) is 0 Å². The summed E-state index contributed by atoms with van der Waals surface area (Å²) in [5.74, 6) is -0.0107. The normalized spacial score (nSPS) is 21.4. The quantitative estimate of drug-likeness (QED) is 0.247. The maximum Gasteiger partial charge on any atom is 0.230 e. The third-order valence-electron chi connectivity index (χ3n) is 8.28. The summed E-state index contributed by atoms with van der Waals surface area (Å²) < 4.78 is 26.8. The molecule has 5 nitrogen and oxygen atoms in total. The van der Waals surface area contributed by atoms with E-state index in [1.807, 2.05) is 35.9 Å². The second-order valence-corrected chi connectivity index (χ2v) is 11.0. The van der Waals surface area contributed by atoms with Crippen LogP contribution in [0.15, 0.2) is 73.1 Å². The molecule has 1 aromatic heterocycles. The van der Waals surface area contributed by atoms with Crippen LogP contribution in [0.5, 0.6) is 0 Å². The molecule has 0 N–H and O–H groups in total. The Hall–Kier alpha value is -4.06. The molecule has 6 rings (SSSR count). The van der Waals surface area contributed by atoms with E-state index in [1.54, 1.807) is 42.7 Å². The van der Waals surface area contributed by atoms with Gasteiger partial charge in [0.1, 0.15) is 5.82 Å². The fourth-order valence-electron chi connectivity index (χ4n) is 6.25. The number of rotatable bonds is 7. The average molecular weight is 523 g/mol. The summed E-state index contributed by atoms with van der Waals surface area (Å²) in [4.78, 5) is 31.4. The van der Waals surface area contributed by atoms with Crippen molar-refractivity contribution in [3.05, 3.63) is 90.0 Å². The number of anilines is 1. The lowest BCUT2D eigenvalue weighted by atomic mass is 9.87. The van der Waals surface area contributed by atoms with Gasteiger partial charge in [-0.1, -0.05) is 42.8 Å². The first kappa shape index (κ1) is 24.0. The third kappa shape index (κ3) is 5.03. The van der Waals surface area contributed by atoms with Crippen molar-refractivity contribution in [3.63, 3.8) is 0 Å². The molecule has 4 aromatic rings. The van der Waals surface area contributed by atoms with Crippen LogP contribution in [0, 0.1) is 23.6 Å². The smallest absolute Gasteiger partial charge is 0.230 e. The molecule has 1 unspecified atom stereocenters. The zero-order valence-corrected chi connectivity index (χ0v) is 22.2. The number of imidazole rings is 1. The molecule has 1 heterocycles. The predicted octanol–water partition coefficient (Wildman–Crippen LogP) is 6.95. The summed E-state index contributed by atoms with van der Waals surface area (Å²) in [7, 11) is 1.93. The minimum atomic E-state index is -1.26. The highest BCUT2D eigenvalue weighted by atomic mass is 19.1. The highest BCUT2D eigenvalue weighted by Gasteiger charge is 2.44. The maximum atomic E-state index is 15.7. The third-order valence-corrected chi connectivity index (χ3v) is 8.28. The van der Waals surface area contributed by atoms with Crippen LogP contribution < -0.4 is 4.90 Å². The number of nitrogens with zero attached hydrogens (tertiary/aromatic N) is 3. The number of halogens is 1. The SMILES string of the molecule is [2H]C(c1ccc(-c2ccc3c(c2)ncn3C)cc1F)N(C(=O)[C@@H]1C[C@@H]2CC[C@H]1C2)c1cccc(/C=C/C(C)=O)c1. The largest absolute Gasteiger partial charge is 0.334 e. The van der Waals surface area contributed by atoms with E-state index in [1.165, 1.54) is 24.0 Å². The summed E-state index contributed by atoms with van der Waals surface area (Å²) in [6.45, 7) is 0.220. The molecule has 0 saturated heterocycles. The minimum absolute atomic E-state index is 0.0805. The Kier molecular flexibility index (Phi) is 6.31. The van der Waals surface area contributed by atoms with E-state index >= 15 is 4.39 Å². The zero-order chi connectivity index (χ0) is 28.0. The average Bonchev–Trinajstić information content (AvgIpc) is 3.68. The number of allylic oxidation sites excluding steroid dienone is 1. The molecule has 3 aromatic carbocycles. The maximum absolute atomic E-state index is 15.7. The van der Waals surface area contributed by atoms with E-state index in [2.05, 4.69) is 4.98 Å². The van der Waals surface area contributed by atoms with Crippen molar-refractivity contribution in [2.75, 3.05) is 4.90 Å². The summed E-state index contributed by atoms with van der Waals surface area (Å²) >= 11 is 0. The molecule has 2 fully saturated rings. The summed E-state index contributed by atoms with van der Waals surface area (Å²) in [6.07, 6.45) is 8.98. The van der Waals surface area contributed by atoms with Gasteiger partial charge in [0.25, 0.3) is 0 Å². The van der Waals surface area contributed by atoms with E-state index in [0.717, 1.165) is 47.8 Å². The number of hydrogen-bond donors (Lipinski definition) is 0. The van der Waals surface area contributed by atoms with Gasteiger partial charge >= 0.3 is 0 Å². The lowest BCUT2D eigenvalue weighted by Gasteiger charge is -2.30. The van der Waals surface area contributed by atoms with Crippen molar-refractivity contribution < 1.29 is 15.4 Å². The Morgan fingerprint density at radius 3 is 2.67 bits per heavy atom. The number of aromatic nitrogens is 2. The van der Waals surface area contributed by atoms with Gasteiger partial charge in [-0.05, 0) is 91.1 Å². The number of benzene rings is 3. The zero-order valence-electron chi connectivity index (χ0n) is 23.2. The van der Waals surface area contributed by atoms with E-state index in [4.69, 9.17) is 0 Å². The van der Waals surface area contributed by atoms with Crippen molar-refractivity contribution in [2.45, 2.75) is 39.1 Å². The highest BCUT2D eigenvalue weighted by Crippen LogP contribution is 2.49. The first-order valence-corrected chi connectivity index (χ1v) is 13.5. The van der Waals surface area contributed by atoms with Crippen LogP contribution in [-0.4, -0.2) is 21.2 Å². The van der Waals surface area contributed by atoms with Crippen molar-refractivity contribution in [3.8, 4) is 11.1 Å². The number of amides is 1. The first-order valence-electron chi connectivity index (χ1n) is 14.1. The lowest BCUT2D eigenvalue weighted by molar-refractivity contribution is -0.124. The standard InChI is InChI=1S/C33H32FN3O2/c1-21(38)6-7-22-4-3-5-28(15-22)37(33(39)29-16-23-8-9-26(29)14-23)19-27-11-10-24(17-30(27)34)25-12-13-32-31(18-25)35-20-36(32)2/h3-7,10-13,15,17-18,20,23,26,29H,8-9,14,16,19H2,1-2H3/b7-6+/t23-,26+,29-/m1/s1/i19D/t19?,23-,26+,29-. The molecule has 0 aliphatic heterocycles. The molecule has 2 saturated carbocycles. The summed E-state index contributed by atoms with van der Waals surface area (Å²) in [5, 5.41) is 0. The second-order valence-electron chi connectivity index (χ2n) is 11.0. The van der Waals surface area contributed by atoms with Crippen LogP contribution >= 0.6 is 0 Å². The molecule has 0 spiro atoms. The molecular weight excluding hydrogens is 489 g/mol. The molecule has 198 valence electrons. The molecular formula is C33H32FN3O2. The Morgan fingerprint density at radius 1 is 1.10 bits per heavy atom. The van der Waals surface area contributed by atoms with E-state index in [9.17, 15) is 11.0 Å². The van der Waals surface area contributed by atoms with Gasteiger partial charge in [0, 0.05) is 24.2 Å². The fraction of sp³-hybridized carbons (Fsp3) is 0.303. The van der Waals surface area contributed by atoms with Gasteiger partial charge in [0.2, 0.25) is 5.91 Å². The molecule has 2 bridgehead atoms. The molecule has 1 amide bonds. The Bertz CT molecular complexity index is 1640. The van der Waals surface area contributed by atoms with Crippen LogP contribution in [-0.2, 0) is 23.2 Å². The topological polar surface area (TPSA) is 55.2 Å². The Balaban J connectivity index is 1.36. The molecule has 6 heteroatoms. The minimum Gasteiger partial charge on any atom is -0.334 e. The van der Waals surface area contributed by atoms with Gasteiger partial charge in [0.15, 0.2) is 5.78 Å². The van der Waals surface area contributed by atoms with Gasteiger partial charge in [-0.3, -0.25) is 9.59 Å². The number of hydrogen-bond acceptors (Lipinski definition) is 3. The molecule has 0 radical (unpaired) electrons. The van der Waals surface area contributed by atoms with Crippen molar-refractivity contribution in [1.82, 2.24) is 9.55 Å². The van der Waals surface area contributed by atoms with Gasteiger partial charge < -0.3 is 9.47 Å². The van der Waals surface area contributed by atoms with E-state index < -0.39 is 12.3 Å². The van der Waals surface area contributed by atoms with Gasteiger partial charge in [-0.2, -0.15) is 0 Å². The Morgan fingerprint density at radius 2 is 1.92 bits per heavy atom. The molecule has 4 atom stereocenters. The molecule has 39 heavy (non-hydrogen) atoms.